The molecular formula is C24H25N6+. The van der Waals surface area contributed by atoms with Crippen LogP contribution in [0.1, 0.15) is 24.5 Å². The van der Waals surface area contributed by atoms with Gasteiger partial charge in [0.1, 0.15) is 25.0 Å². The van der Waals surface area contributed by atoms with Crippen LogP contribution in [-0.2, 0) is 6.42 Å². The SMILES string of the molecule is CCCc1cc(N2CCN(c3cccc[nH+]3)CC2)n2c(nc3ccccc32)c1C#N. The number of aromatic amines is 1. The lowest BCUT2D eigenvalue weighted by atomic mass is 10.1. The lowest BCUT2D eigenvalue weighted by molar-refractivity contribution is -0.364. The number of pyridine rings is 2. The second-order valence-electron chi connectivity index (χ2n) is 7.75. The molecule has 1 aliphatic rings. The number of anilines is 2. The fourth-order valence-electron chi connectivity index (χ4n) is 4.44. The zero-order valence-corrected chi connectivity index (χ0v) is 17.2. The summed E-state index contributed by atoms with van der Waals surface area (Å²) in [6, 6.07) is 19.0. The Kier molecular flexibility index (Phi) is 4.72. The largest absolute Gasteiger partial charge is 0.350 e. The number of rotatable bonds is 4. The summed E-state index contributed by atoms with van der Waals surface area (Å²) in [5, 5.41) is 9.90. The normalized spacial score (nSPS) is 14.4. The molecule has 1 N–H and O–H groups in total. The fourth-order valence-corrected chi connectivity index (χ4v) is 4.44. The molecule has 1 aromatic carbocycles. The van der Waals surface area contributed by atoms with Crippen molar-refractivity contribution in [2.24, 2.45) is 0 Å². The van der Waals surface area contributed by atoms with Gasteiger partial charge in [0.15, 0.2) is 5.65 Å². The summed E-state index contributed by atoms with van der Waals surface area (Å²) in [6.45, 7) is 5.88. The molecule has 1 saturated heterocycles. The van der Waals surface area contributed by atoms with Crippen molar-refractivity contribution in [2.45, 2.75) is 19.8 Å². The van der Waals surface area contributed by atoms with E-state index in [4.69, 9.17) is 4.98 Å². The maximum absolute atomic E-state index is 9.90. The minimum atomic E-state index is 0.703. The highest BCUT2D eigenvalue weighted by Crippen LogP contribution is 2.30. The predicted octanol–water partition coefficient (Wildman–Crippen LogP) is 3.45. The number of hydrogen-bond acceptors (Lipinski definition) is 4. The highest BCUT2D eigenvalue weighted by atomic mass is 15.3. The van der Waals surface area contributed by atoms with Gasteiger partial charge in [0.2, 0.25) is 0 Å². The van der Waals surface area contributed by atoms with Gasteiger partial charge in [-0.2, -0.15) is 5.26 Å². The van der Waals surface area contributed by atoms with Crippen molar-refractivity contribution in [1.82, 2.24) is 9.38 Å². The molecule has 6 nitrogen and oxygen atoms in total. The topological polar surface area (TPSA) is 61.7 Å². The number of benzene rings is 1. The molecule has 6 heteroatoms. The van der Waals surface area contributed by atoms with Crippen molar-refractivity contribution in [2.75, 3.05) is 36.0 Å². The molecule has 0 bridgehead atoms. The van der Waals surface area contributed by atoms with E-state index < -0.39 is 0 Å². The fraction of sp³-hybridized carbons (Fsp3) is 0.292. The Bertz CT molecular complexity index is 1230. The quantitative estimate of drug-likeness (QED) is 0.529. The Morgan fingerprint density at radius 1 is 1.03 bits per heavy atom. The molecule has 0 atom stereocenters. The smallest absolute Gasteiger partial charge is 0.274 e. The third-order valence-corrected chi connectivity index (χ3v) is 5.91. The van der Waals surface area contributed by atoms with E-state index in [2.05, 4.69) is 56.4 Å². The van der Waals surface area contributed by atoms with Gasteiger partial charge in [0, 0.05) is 6.07 Å². The highest BCUT2D eigenvalue weighted by Gasteiger charge is 2.26. The van der Waals surface area contributed by atoms with Crippen LogP contribution in [0, 0.1) is 11.3 Å². The average molecular weight is 398 g/mol. The minimum Gasteiger partial charge on any atom is -0.350 e. The molecule has 1 fully saturated rings. The zero-order valence-electron chi connectivity index (χ0n) is 17.2. The van der Waals surface area contributed by atoms with Crippen LogP contribution in [0.5, 0.6) is 0 Å². The Morgan fingerprint density at radius 3 is 2.53 bits per heavy atom. The number of nitrogens with zero attached hydrogens (tertiary/aromatic N) is 5. The van der Waals surface area contributed by atoms with E-state index in [9.17, 15) is 5.26 Å². The van der Waals surface area contributed by atoms with E-state index >= 15 is 0 Å². The second kappa shape index (κ2) is 7.68. The number of imidazole rings is 1. The highest BCUT2D eigenvalue weighted by molar-refractivity contribution is 5.85. The van der Waals surface area contributed by atoms with Crippen LogP contribution in [0.2, 0.25) is 0 Å². The van der Waals surface area contributed by atoms with E-state index in [1.165, 1.54) is 0 Å². The Hall–Kier alpha value is -3.59. The van der Waals surface area contributed by atoms with Crippen molar-refractivity contribution in [1.29, 1.82) is 5.26 Å². The van der Waals surface area contributed by atoms with E-state index in [1.54, 1.807) is 0 Å². The number of para-hydroxylation sites is 2. The summed E-state index contributed by atoms with van der Waals surface area (Å²) < 4.78 is 2.18. The van der Waals surface area contributed by atoms with Crippen molar-refractivity contribution in [3.63, 3.8) is 0 Å². The standard InChI is InChI=1S/C24H24N6/c1-2-7-18-16-23(29-14-12-28(13-15-29)22-10-5-6-11-26-22)30-21-9-4-3-8-20(21)27-24(30)19(18)17-25/h3-6,8-11,16H,2,7,12-15H2,1H3/p+1. The van der Waals surface area contributed by atoms with E-state index in [1.807, 2.05) is 30.5 Å². The van der Waals surface area contributed by atoms with Crippen LogP contribution >= 0.6 is 0 Å². The summed E-state index contributed by atoms with van der Waals surface area (Å²) in [5.41, 5.74) is 4.56. The first-order chi connectivity index (χ1) is 14.8. The molecule has 4 aromatic rings. The maximum atomic E-state index is 9.90. The summed E-state index contributed by atoms with van der Waals surface area (Å²) in [7, 11) is 0. The molecule has 0 unspecified atom stereocenters. The number of nitrogens with one attached hydrogen (secondary N) is 1. The molecule has 5 rings (SSSR count). The van der Waals surface area contributed by atoms with E-state index in [0.29, 0.717) is 5.56 Å². The Morgan fingerprint density at radius 2 is 1.80 bits per heavy atom. The van der Waals surface area contributed by atoms with Gasteiger partial charge in [-0.1, -0.05) is 31.5 Å². The lowest BCUT2D eigenvalue weighted by Gasteiger charge is -2.33. The zero-order chi connectivity index (χ0) is 20.5. The maximum Gasteiger partial charge on any atom is 0.274 e. The molecule has 150 valence electrons. The van der Waals surface area contributed by atoms with Crippen LogP contribution < -0.4 is 14.8 Å². The van der Waals surface area contributed by atoms with Crippen LogP contribution in [-0.4, -0.2) is 35.6 Å². The van der Waals surface area contributed by atoms with Gasteiger partial charge in [-0.15, -0.1) is 0 Å². The summed E-state index contributed by atoms with van der Waals surface area (Å²) >= 11 is 0. The third kappa shape index (κ3) is 3.03. The van der Waals surface area contributed by atoms with Crippen molar-refractivity contribution >= 4 is 28.3 Å². The first kappa shape index (κ1) is 18.4. The molecule has 0 amide bonds. The number of aromatic nitrogens is 3. The van der Waals surface area contributed by atoms with E-state index in [-0.39, 0.29) is 0 Å². The van der Waals surface area contributed by atoms with Gasteiger partial charge in [-0.25, -0.2) is 9.97 Å². The summed E-state index contributed by atoms with van der Waals surface area (Å²) in [6.07, 6.45) is 3.86. The molecule has 0 saturated carbocycles. The van der Waals surface area contributed by atoms with E-state index in [0.717, 1.165) is 72.9 Å². The molecule has 0 radical (unpaired) electrons. The summed E-state index contributed by atoms with van der Waals surface area (Å²) in [5.74, 6) is 2.29. The van der Waals surface area contributed by atoms with Gasteiger partial charge in [0.05, 0.1) is 35.9 Å². The minimum absolute atomic E-state index is 0.703. The molecular weight excluding hydrogens is 372 g/mol. The number of H-pyrrole nitrogens is 1. The van der Waals surface area contributed by atoms with Gasteiger partial charge in [0.25, 0.3) is 5.82 Å². The monoisotopic (exact) mass is 397 g/mol. The molecule has 30 heavy (non-hydrogen) atoms. The first-order valence-electron chi connectivity index (χ1n) is 10.6. The third-order valence-electron chi connectivity index (χ3n) is 5.91. The Labute approximate surface area is 176 Å². The van der Waals surface area contributed by atoms with Crippen LogP contribution in [0.3, 0.4) is 0 Å². The van der Waals surface area contributed by atoms with Crippen LogP contribution in [0.25, 0.3) is 16.7 Å². The second-order valence-corrected chi connectivity index (χ2v) is 7.75. The number of hydrogen-bond donors (Lipinski definition) is 0. The van der Waals surface area contributed by atoms with Crippen molar-refractivity contribution in [3.8, 4) is 6.07 Å². The number of fused-ring (bicyclic) bond motifs is 3. The number of nitriles is 1. The molecule has 3 aromatic heterocycles. The Balaban J connectivity index is 1.59. The van der Waals surface area contributed by atoms with Gasteiger partial charge < -0.3 is 4.90 Å². The first-order valence-corrected chi connectivity index (χ1v) is 10.6. The predicted molar refractivity (Wildman–Crippen MR) is 119 cm³/mol. The van der Waals surface area contributed by atoms with Crippen molar-refractivity contribution in [3.05, 3.63) is 65.9 Å². The molecule has 4 heterocycles. The number of piperazine rings is 1. The van der Waals surface area contributed by atoms with Crippen molar-refractivity contribution < 1.29 is 4.98 Å². The van der Waals surface area contributed by atoms with Crippen LogP contribution in [0.15, 0.2) is 54.7 Å². The summed E-state index contributed by atoms with van der Waals surface area (Å²) in [4.78, 5) is 13.0. The van der Waals surface area contributed by atoms with Crippen LogP contribution in [0.4, 0.5) is 11.6 Å². The van der Waals surface area contributed by atoms with Gasteiger partial charge in [-0.05, 0) is 36.2 Å². The lowest BCUT2D eigenvalue weighted by Crippen LogP contribution is -2.48. The van der Waals surface area contributed by atoms with Gasteiger partial charge >= 0.3 is 0 Å². The molecule has 0 aliphatic carbocycles. The average Bonchev–Trinajstić information content (AvgIpc) is 3.19. The van der Waals surface area contributed by atoms with Gasteiger partial charge in [-0.3, -0.25) is 9.30 Å². The number of aryl methyl sites for hydroxylation is 1. The molecule has 1 aliphatic heterocycles. The molecule has 0 spiro atoms.